The lowest BCUT2D eigenvalue weighted by atomic mass is 10.2. The quantitative estimate of drug-likeness (QED) is 0.858. The van der Waals surface area contributed by atoms with E-state index < -0.39 is 23.6 Å². The van der Waals surface area contributed by atoms with Gasteiger partial charge < -0.3 is 5.32 Å². The van der Waals surface area contributed by atoms with Crippen molar-refractivity contribution in [1.82, 2.24) is 4.98 Å². The van der Waals surface area contributed by atoms with Gasteiger partial charge in [-0.2, -0.15) is 13.2 Å². The number of carbonyl (C=O) groups excluding carboxylic acids is 1. The van der Waals surface area contributed by atoms with Gasteiger partial charge in [0.2, 0.25) is 0 Å². The van der Waals surface area contributed by atoms with E-state index in [9.17, 15) is 22.4 Å². The Bertz CT molecular complexity index is 623. The smallest absolute Gasteiger partial charge is 0.322 e. The monoisotopic (exact) mass is 284 g/mol. The van der Waals surface area contributed by atoms with E-state index in [1.807, 2.05) is 0 Å². The van der Waals surface area contributed by atoms with Crippen LogP contribution in [0.3, 0.4) is 0 Å². The van der Waals surface area contributed by atoms with Crippen molar-refractivity contribution >= 4 is 11.6 Å². The van der Waals surface area contributed by atoms with Crippen LogP contribution in [0.2, 0.25) is 0 Å². The van der Waals surface area contributed by atoms with Crippen LogP contribution in [0.15, 0.2) is 42.6 Å². The number of amides is 1. The van der Waals surface area contributed by atoms with Gasteiger partial charge in [-0.1, -0.05) is 6.07 Å². The zero-order valence-corrected chi connectivity index (χ0v) is 9.91. The highest BCUT2D eigenvalue weighted by Gasteiger charge is 2.32. The lowest BCUT2D eigenvalue weighted by molar-refractivity contribution is -0.141. The standard InChI is InChI=1S/C13H8F4N2O/c14-9-2-1-3-10(6-9)19-12(20)8-4-5-11(18-7-8)13(15,16)17/h1-7H,(H,19,20). The van der Waals surface area contributed by atoms with Crippen molar-refractivity contribution in [2.24, 2.45) is 0 Å². The summed E-state index contributed by atoms with van der Waals surface area (Å²) in [7, 11) is 0. The van der Waals surface area contributed by atoms with Crippen LogP contribution in [0.4, 0.5) is 23.2 Å². The average Bonchev–Trinajstić information content (AvgIpc) is 2.38. The van der Waals surface area contributed by atoms with Crippen LogP contribution in [0, 0.1) is 5.82 Å². The van der Waals surface area contributed by atoms with E-state index in [0.717, 1.165) is 18.3 Å². The molecule has 20 heavy (non-hydrogen) atoms. The van der Waals surface area contributed by atoms with E-state index in [4.69, 9.17) is 0 Å². The number of hydrogen-bond acceptors (Lipinski definition) is 2. The van der Waals surface area contributed by atoms with Crippen molar-refractivity contribution < 1.29 is 22.4 Å². The molecule has 1 heterocycles. The Morgan fingerprint density at radius 3 is 2.45 bits per heavy atom. The maximum absolute atomic E-state index is 12.9. The number of nitrogens with zero attached hydrogens (tertiary/aromatic N) is 1. The molecule has 0 aliphatic heterocycles. The van der Waals surface area contributed by atoms with Gasteiger partial charge in [0.25, 0.3) is 5.91 Å². The van der Waals surface area contributed by atoms with Crippen LogP contribution in [0.25, 0.3) is 0 Å². The fourth-order valence-corrected chi connectivity index (χ4v) is 1.47. The van der Waals surface area contributed by atoms with Crippen molar-refractivity contribution in [3.63, 3.8) is 0 Å². The number of alkyl halides is 3. The third-order valence-corrected chi connectivity index (χ3v) is 2.40. The van der Waals surface area contributed by atoms with Gasteiger partial charge >= 0.3 is 6.18 Å². The predicted molar refractivity (Wildman–Crippen MR) is 63.6 cm³/mol. The second-order valence-corrected chi connectivity index (χ2v) is 3.89. The summed E-state index contributed by atoms with van der Waals surface area (Å²) in [5, 5.41) is 2.36. The molecule has 0 spiro atoms. The van der Waals surface area contributed by atoms with Crippen molar-refractivity contribution in [1.29, 1.82) is 0 Å². The van der Waals surface area contributed by atoms with Gasteiger partial charge in [-0.05, 0) is 30.3 Å². The first kappa shape index (κ1) is 14.0. The molecular formula is C13H8F4N2O. The van der Waals surface area contributed by atoms with Crippen LogP contribution in [-0.4, -0.2) is 10.9 Å². The van der Waals surface area contributed by atoms with Gasteiger partial charge in [-0.25, -0.2) is 4.39 Å². The van der Waals surface area contributed by atoms with Crippen LogP contribution < -0.4 is 5.32 Å². The van der Waals surface area contributed by atoms with Crippen LogP contribution in [0.1, 0.15) is 16.1 Å². The van der Waals surface area contributed by atoms with E-state index in [-0.39, 0.29) is 11.3 Å². The molecule has 0 unspecified atom stereocenters. The molecule has 2 rings (SSSR count). The summed E-state index contributed by atoms with van der Waals surface area (Å²) in [4.78, 5) is 14.9. The first-order valence-corrected chi connectivity index (χ1v) is 5.46. The zero-order chi connectivity index (χ0) is 14.8. The summed E-state index contributed by atoms with van der Waals surface area (Å²) >= 11 is 0. The third kappa shape index (κ3) is 3.31. The summed E-state index contributed by atoms with van der Waals surface area (Å²) in [5.74, 6) is -1.20. The molecule has 1 N–H and O–H groups in total. The van der Waals surface area contributed by atoms with E-state index in [2.05, 4.69) is 10.3 Å². The number of pyridine rings is 1. The Labute approximate surface area is 111 Å². The van der Waals surface area contributed by atoms with E-state index in [1.165, 1.54) is 18.2 Å². The number of anilines is 1. The molecule has 3 nitrogen and oxygen atoms in total. The normalized spacial score (nSPS) is 11.2. The molecule has 104 valence electrons. The SMILES string of the molecule is O=C(Nc1cccc(F)c1)c1ccc(C(F)(F)F)nc1. The third-order valence-electron chi connectivity index (χ3n) is 2.40. The number of rotatable bonds is 2. The van der Waals surface area contributed by atoms with E-state index >= 15 is 0 Å². The summed E-state index contributed by atoms with van der Waals surface area (Å²) < 4.78 is 49.8. The first-order chi connectivity index (χ1) is 9.36. The van der Waals surface area contributed by atoms with Crippen molar-refractivity contribution in [2.75, 3.05) is 5.32 Å². The molecule has 2 aromatic rings. The maximum atomic E-state index is 12.9. The maximum Gasteiger partial charge on any atom is 0.433 e. The molecule has 0 bridgehead atoms. The summed E-state index contributed by atoms with van der Waals surface area (Å²) in [6, 6.07) is 6.87. The topological polar surface area (TPSA) is 42.0 Å². The number of nitrogens with one attached hydrogen (secondary N) is 1. The number of hydrogen-bond donors (Lipinski definition) is 1. The Morgan fingerprint density at radius 1 is 1.15 bits per heavy atom. The van der Waals surface area contributed by atoms with Gasteiger partial charge in [0.05, 0.1) is 5.56 Å². The lowest BCUT2D eigenvalue weighted by Gasteiger charge is -2.07. The predicted octanol–water partition coefficient (Wildman–Crippen LogP) is 3.49. The second kappa shape index (κ2) is 5.28. The second-order valence-electron chi connectivity index (χ2n) is 3.89. The van der Waals surface area contributed by atoms with Gasteiger partial charge in [0.1, 0.15) is 11.5 Å². The minimum atomic E-state index is -4.56. The molecule has 0 radical (unpaired) electrons. The lowest BCUT2D eigenvalue weighted by Crippen LogP contribution is -2.14. The number of carbonyl (C=O) groups is 1. The highest BCUT2D eigenvalue weighted by molar-refractivity contribution is 6.04. The minimum Gasteiger partial charge on any atom is -0.322 e. The van der Waals surface area contributed by atoms with E-state index in [1.54, 1.807) is 0 Å². The number of halogens is 4. The molecule has 0 saturated carbocycles. The molecule has 1 amide bonds. The molecule has 0 aliphatic carbocycles. The molecule has 0 fully saturated rings. The van der Waals surface area contributed by atoms with E-state index in [0.29, 0.717) is 6.07 Å². The molecule has 0 atom stereocenters. The fourth-order valence-electron chi connectivity index (χ4n) is 1.47. The Hall–Kier alpha value is -2.44. The zero-order valence-electron chi connectivity index (χ0n) is 9.91. The molecule has 0 saturated heterocycles. The van der Waals surface area contributed by atoms with Crippen LogP contribution >= 0.6 is 0 Å². The number of benzene rings is 1. The molecular weight excluding hydrogens is 276 g/mol. The fraction of sp³-hybridized carbons (Fsp3) is 0.0769. The Balaban J connectivity index is 2.14. The summed E-state index contributed by atoms with van der Waals surface area (Å²) in [6.07, 6.45) is -3.74. The van der Waals surface area contributed by atoms with Gasteiger partial charge in [-0.15, -0.1) is 0 Å². The first-order valence-electron chi connectivity index (χ1n) is 5.46. The highest BCUT2D eigenvalue weighted by Crippen LogP contribution is 2.27. The van der Waals surface area contributed by atoms with Gasteiger partial charge in [0, 0.05) is 11.9 Å². The summed E-state index contributed by atoms with van der Waals surface area (Å²) in [6.45, 7) is 0. The molecule has 7 heteroatoms. The van der Waals surface area contributed by atoms with Crippen molar-refractivity contribution in [3.05, 3.63) is 59.7 Å². The van der Waals surface area contributed by atoms with Crippen LogP contribution in [-0.2, 0) is 6.18 Å². The van der Waals surface area contributed by atoms with Crippen molar-refractivity contribution in [3.8, 4) is 0 Å². The largest absolute Gasteiger partial charge is 0.433 e. The average molecular weight is 284 g/mol. The van der Waals surface area contributed by atoms with Gasteiger partial charge in [0.15, 0.2) is 0 Å². The number of aromatic nitrogens is 1. The minimum absolute atomic E-state index is 0.0535. The highest BCUT2D eigenvalue weighted by atomic mass is 19.4. The Morgan fingerprint density at radius 2 is 1.90 bits per heavy atom. The summed E-state index contributed by atoms with van der Waals surface area (Å²) in [5.41, 5.74) is -0.933. The van der Waals surface area contributed by atoms with Crippen molar-refractivity contribution in [2.45, 2.75) is 6.18 Å². The molecule has 0 aliphatic rings. The Kier molecular flexibility index (Phi) is 3.69. The molecule has 1 aromatic heterocycles. The van der Waals surface area contributed by atoms with Crippen LogP contribution in [0.5, 0.6) is 0 Å². The van der Waals surface area contributed by atoms with Gasteiger partial charge in [-0.3, -0.25) is 9.78 Å². The molecule has 1 aromatic carbocycles.